The monoisotopic (exact) mass is 324 g/mol. The minimum absolute atomic E-state index is 0.0484. The van der Waals surface area contributed by atoms with Gasteiger partial charge in [0.05, 0.1) is 5.69 Å². The van der Waals surface area contributed by atoms with E-state index in [1.807, 2.05) is 30.1 Å². The number of benzene rings is 1. The molecule has 1 saturated carbocycles. The number of hydrogen-bond donors (Lipinski definition) is 1. The number of halogens is 1. The Bertz CT molecular complexity index is 633. The molecule has 1 aromatic heterocycles. The van der Waals surface area contributed by atoms with Crippen LogP contribution in [0.25, 0.3) is 10.1 Å². The Kier molecular flexibility index (Phi) is 2.83. The fourth-order valence-electron chi connectivity index (χ4n) is 2.04. The first kappa shape index (κ1) is 12.0. The van der Waals surface area contributed by atoms with Crippen LogP contribution in [-0.4, -0.2) is 23.9 Å². The highest BCUT2D eigenvalue weighted by Gasteiger charge is 2.31. The number of carbonyl (C=O) groups excluding carboxylic acids is 1. The van der Waals surface area contributed by atoms with Crippen LogP contribution in [0.5, 0.6) is 0 Å². The number of anilines is 1. The fourth-order valence-corrected chi connectivity index (χ4v) is 3.48. The van der Waals surface area contributed by atoms with Gasteiger partial charge in [-0.15, -0.1) is 11.3 Å². The number of thiophene rings is 1. The van der Waals surface area contributed by atoms with Crippen molar-refractivity contribution in [3.63, 3.8) is 0 Å². The lowest BCUT2D eigenvalue weighted by Gasteiger charge is -2.15. The molecule has 1 aromatic carbocycles. The zero-order chi connectivity index (χ0) is 12.9. The van der Waals surface area contributed by atoms with Crippen molar-refractivity contribution in [3.8, 4) is 0 Å². The van der Waals surface area contributed by atoms with Crippen LogP contribution < -0.4 is 5.73 Å². The molecular formula is C13H13BrN2OS. The highest BCUT2D eigenvalue weighted by Crippen LogP contribution is 2.37. The second-order valence-electron chi connectivity index (χ2n) is 4.63. The summed E-state index contributed by atoms with van der Waals surface area (Å²) in [6.45, 7) is 0. The molecule has 1 aliphatic rings. The average molecular weight is 325 g/mol. The van der Waals surface area contributed by atoms with Crippen molar-refractivity contribution < 1.29 is 4.79 Å². The normalized spacial score (nSPS) is 15.0. The Morgan fingerprint density at radius 1 is 1.50 bits per heavy atom. The molecule has 2 N–H and O–H groups in total. The van der Waals surface area contributed by atoms with Crippen molar-refractivity contribution in [2.45, 2.75) is 18.9 Å². The molecule has 5 heteroatoms. The summed E-state index contributed by atoms with van der Waals surface area (Å²) in [6.07, 6.45) is 2.22. The summed E-state index contributed by atoms with van der Waals surface area (Å²) in [4.78, 5) is 14.8. The zero-order valence-corrected chi connectivity index (χ0v) is 12.3. The largest absolute Gasteiger partial charge is 0.397 e. The van der Waals surface area contributed by atoms with Gasteiger partial charge in [0.25, 0.3) is 5.91 Å². The number of hydrogen-bond acceptors (Lipinski definition) is 3. The first-order valence-electron chi connectivity index (χ1n) is 5.82. The summed E-state index contributed by atoms with van der Waals surface area (Å²) in [5.41, 5.74) is 6.71. The predicted molar refractivity (Wildman–Crippen MR) is 79.1 cm³/mol. The number of nitrogens with two attached hydrogens (primary N) is 1. The van der Waals surface area contributed by atoms with Gasteiger partial charge in [-0.3, -0.25) is 4.79 Å². The molecule has 0 atom stereocenters. The standard InChI is InChI=1S/C13H13BrN2OS/c1-16(8-3-4-8)13(17)12-11(15)9-6-7(14)2-5-10(9)18-12/h2,5-6,8H,3-4,15H2,1H3. The third-order valence-corrected chi connectivity index (χ3v) is 4.97. The number of rotatable bonds is 2. The van der Waals surface area contributed by atoms with Crippen molar-refractivity contribution in [2.24, 2.45) is 0 Å². The average Bonchev–Trinajstić information content (AvgIpc) is 3.15. The van der Waals surface area contributed by atoms with Gasteiger partial charge in [-0.1, -0.05) is 15.9 Å². The van der Waals surface area contributed by atoms with Crippen LogP contribution in [0.4, 0.5) is 5.69 Å². The quantitative estimate of drug-likeness (QED) is 0.919. The van der Waals surface area contributed by atoms with Gasteiger partial charge in [0.2, 0.25) is 0 Å². The molecule has 94 valence electrons. The minimum atomic E-state index is 0.0484. The van der Waals surface area contributed by atoms with E-state index >= 15 is 0 Å². The summed E-state index contributed by atoms with van der Waals surface area (Å²) in [5.74, 6) is 0.0484. The van der Waals surface area contributed by atoms with Gasteiger partial charge < -0.3 is 10.6 Å². The second-order valence-corrected chi connectivity index (χ2v) is 6.60. The Hall–Kier alpha value is -1.07. The van der Waals surface area contributed by atoms with E-state index in [0.29, 0.717) is 16.6 Å². The molecule has 1 amide bonds. The Morgan fingerprint density at radius 3 is 2.89 bits per heavy atom. The van der Waals surface area contributed by atoms with Gasteiger partial charge in [-0.25, -0.2) is 0 Å². The molecule has 1 fully saturated rings. The molecule has 18 heavy (non-hydrogen) atoms. The topological polar surface area (TPSA) is 46.3 Å². The van der Waals surface area contributed by atoms with Crippen molar-refractivity contribution in [2.75, 3.05) is 12.8 Å². The Morgan fingerprint density at radius 2 is 2.22 bits per heavy atom. The molecule has 0 aliphatic heterocycles. The maximum atomic E-state index is 12.3. The molecule has 1 aliphatic carbocycles. The van der Waals surface area contributed by atoms with Gasteiger partial charge in [-0.05, 0) is 31.0 Å². The third-order valence-electron chi connectivity index (χ3n) is 3.30. The summed E-state index contributed by atoms with van der Waals surface area (Å²) >= 11 is 4.91. The van der Waals surface area contributed by atoms with E-state index in [1.54, 1.807) is 0 Å². The van der Waals surface area contributed by atoms with Gasteiger partial charge >= 0.3 is 0 Å². The van der Waals surface area contributed by atoms with Gasteiger partial charge in [0.15, 0.2) is 0 Å². The summed E-state index contributed by atoms with van der Waals surface area (Å²) < 4.78 is 2.04. The van der Waals surface area contributed by atoms with E-state index in [0.717, 1.165) is 27.4 Å². The molecule has 3 nitrogen and oxygen atoms in total. The smallest absolute Gasteiger partial charge is 0.266 e. The summed E-state index contributed by atoms with van der Waals surface area (Å²) in [6, 6.07) is 6.34. The molecular weight excluding hydrogens is 312 g/mol. The van der Waals surface area contributed by atoms with Crippen LogP contribution in [0, 0.1) is 0 Å². The van der Waals surface area contributed by atoms with Gasteiger partial charge in [-0.2, -0.15) is 0 Å². The third kappa shape index (κ3) is 1.91. The SMILES string of the molecule is CN(C(=O)c1sc2ccc(Br)cc2c1N)C1CC1. The lowest BCUT2D eigenvalue weighted by molar-refractivity contribution is 0.0791. The first-order valence-corrected chi connectivity index (χ1v) is 7.43. The maximum absolute atomic E-state index is 12.3. The van der Waals surface area contributed by atoms with Gasteiger partial charge in [0.1, 0.15) is 4.88 Å². The molecule has 0 bridgehead atoms. The first-order chi connectivity index (χ1) is 8.58. The molecule has 1 heterocycles. The minimum Gasteiger partial charge on any atom is -0.397 e. The molecule has 0 spiro atoms. The molecule has 0 radical (unpaired) electrons. The highest BCUT2D eigenvalue weighted by atomic mass is 79.9. The van der Waals surface area contributed by atoms with Crippen molar-refractivity contribution in [1.82, 2.24) is 4.90 Å². The molecule has 0 saturated heterocycles. The van der Waals surface area contributed by atoms with Crippen molar-refractivity contribution in [1.29, 1.82) is 0 Å². The van der Waals surface area contributed by atoms with Crippen LogP contribution in [0.3, 0.4) is 0 Å². The maximum Gasteiger partial charge on any atom is 0.266 e. The molecule has 0 unspecified atom stereocenters. The lowest BCUT2D eigenvalue weighted by Crippen LogP contribution is -2.28. The number of nitrogen functional groups attached to an aromatic ring is 1. The highest BCUT2D eigenvalue weighted by molar-refractivity contribution is 9.10. The molecule has 2 aromatic rings. The van der Waals surface area contributed by atoms with Crippen LogP contribution in [0.1, 0.15) is 22.5 Å². The van der Waals surface area contributed by atoms with E-state index in [-0.39, 0.29) is 5.91 Å². The van der Waals surface area contributed by atoms with Crippen LogP contribution in [0.2, 0.25) is 0 Å². The Balaban J connectivity index is 2.06. The van der Waals surface area contributed by atoms with E-state index in [2.05, 4.69) is 15.9 Å². The lowest BCUT2D eigenvalue weighted by atomic mass is 10.2. The van der Waals surface area contributed by atoms with E-state index < -0.39 is 0 Å². The fraction of sp³-hybridized carbons (Fsp3) is 0.308. The predicted octanol–water partition coefficient (Wildman–Crippen LogP) is 3.48. The molecule has 3 rings (SSSR count). The van der Waals surface area contributed by atoms with Crippen molar-refractivity contribution in [3.05, 3.63) is 27.5 Å². The zero-order valence-electron chi connectivity index (χ0n) is 9.94. The van der Waals surface area contributed by atoms with Crippen LogP contribution >= 0.6 is 27.3 Å². The summed E-state index contributed by atoms with van der Waals surface area (Å²) in [5, 5.41) is 0.960. The number of fused-ring (bicyclic) bond motifs is 1. The number of nitrogens with zero attached hydrogens (tertiary/aromatic N) is 1. The summed E-state index contributed by atoms with van der Waals surface area (Å²) in [7, 11) is 1.86. The van der Waals surface area contributed by atoms with E-state index in [9.17, 15) is 4.79 Å². The number of carbonyl (C=O) groups is 1. The van der Waals surface area contributed by atoms with Crippen LogP contribution in [-0.2, 0) is 0 Å². The second kappa shape index (κ2) is 4.24. The van der Waals surface area contributed by atoms with Crippen molar-refractivity contribution >= 4 is 48.9 Å². The van der Waals surface area contributed by atoms with Crippen LogP contribution in [0.15, 0.2) is 22.7 Å². The number of amides is 1. The van der Waals surface area contributed by atoms with E-state index in [4.69, 9.17) is 5.73 Å². The van der Waals surface area contributed by atoms with Gasteiger partial charge in [0, 0.05) is 27.6 Å². The Labute approximate surface area is 118 Å². The van der Waals surface area contributed by atoms with E-state index in [1.165, 1.54) is 11.3 Å².